The highest BCUT2D eigenvalue weighted by Crippen LogP contribution is 2.27. The van der Waals surface area contributed by atoms with Crippen molar-refractivity contribution in [3.63, 3.8) is 0 Å². The molecule has 1 amide bonds. The van der Waals surface area contributed by atoms with E-state index in [1.165, 1.54) is 10.4 Å². The first kappa shape index (κ1) is 16.5. The van der Waals surface area contributed by atoms with E-state index < -0.39 is 0 Å². The average molecular weight is 346 g/mol. The van der Waals surface area contributed by atoms with Gasteiger partial charge in [0.25, 0.3) is 5.91 Å². The molecule has 0 bridgehead atoms. The Balaban J connectivity index is 1.53. The summed E-state index contributed by atoms with van der Waals surface area (Å²) in [6.45, 7) is 1.52. The lowest BCUT2D eigenvalue weighted by Crippen LogP contribution is -2.34. The molecule has 132 valence electrons. The number of likely N-dealkylation sites (tertiary alicyclic amines) is 1. The molecular weight excluding hydrogens is 324 g/mol. The zero-order valence-electron chi connectivity index (χ0n) is 14.7. The second kappa shape index (κ2) is 7.52. The van der Waals surface area contributed by atoms with Crippen LogP contribution in [0.1, 0.15) is 41.2 Å². The van der Waals surface area contributed by atoms with E-state index in [-0.39, 0.29) is 5.91 Å². The minimum atomic E-state index is -0.0324. The van der Waals surface area contributed by atoms with Crippen LogP contribution in [0.5, 0.6) is 0 Å². The summed E-state index contributed by atoms with van der Waals surface area (Å²) in [5, 5.41) is 8.66. The molecule has 26 heavy (non-hydrogen) atoms. The van der Waals surface area contributed by atoms with Gasteiger partial charge >= 0.3 is 0 Å². The first-order chi connectivity index (χ1) is 12.8. The van der Waals surface area contributed by atoms with Gasteiger partial charge in [-0.2, -0.15) is 9.90 Å². The summed E-state index contributed by atoms with van der Waals surface area (Å²) in [6, 6.07) is 20.1. The van der Waals surface area contributed by atoms with E-state index in [9.17, 15) is 4.79 Å². The second-order valence-electron chi connectivity index (χ2n) is 6.71. The van der Waals surface area contributed by atoms with Gasteiger partial charge < -0.3 is 4.90 Å². The number of carbonyl (C=O) groups excluding carboxylic acids is 1. The Bertz CT molecular complexity index is 860. The van der Waals surface area contributed by atoms with Crippen molar-refractivity contribution in [2.45, 2.75) is 25.2 Å². The van der Waals surface area contributed by atoms with E-state index in [1.807, 2.05) is 41.3 Å². The van der Waals surface area contributed by atoms with Gasteiger partial charge in [-0.1, -0.05) is 55.0 Å². The topological polar surface area (TPSA) is 51.0 Å². The molecule has 0 aliphatic carbocycles. The third kappa shape index (κ3) is 3.52. The second-order valence-corrected chi connectivity index (χ2v) is 6.71. The highest BCUT2D eigenvalue weighted by atomic mass is 16.2. The van der Waals surface area contributed by atoms with Crippen molar-refractivity contribution in [3.05, 3.63) is 78.1 Å². The molecule has 1 saturated heterocycles. The van der Waals surface area contributed by atoms with Crippen LogP contribution in [0, 0.1) is 0 Å². The van der Waals surface area contributed by atoms with Gasteiger partial charge in [-0.25, -0.2) is 0 Å². The van der Waals surface area contributed by atoms with Crippen LogP contribution < -0.4 is 0 Å². The first-order valence-electron chi connectivity index (χ1n) is 9.13. The number of benzene rings is 2. The van der Waals surface area contributed by atoms with Crippen LogP contribution in [0.2, 0.25) is 0 Å². The standard InChI is InChI=1S/C21H22N4O/c26-21(20-15-22-25(23-20)19-12-5-2-6-13-19)24-14-8-7-11-18(16-24)17-9-3-1-4-10-17/h1-6,9-10,12-13,15,18H,7-8,11,14,16H2. The SMILES string of the molecule is O=C(c1cnn(-c2ccccc2)n1)N1CCCCC(c2ccccc2)C1. The molecule has 2 heterocycles. The van der Waals surface area contributed by atoms with Gasteiger partial charge in [0.15, 0.2) is 5.69 Å². The number of nitrogens with zero attached hydrogens (tertiary/aromatic N) is 4. The van der Waals surface area contributed by atoms with E-state index in [2.05, 4.69) is 34.5 Å². The number of rotatable bonds is 3. The summed E-state index contributed by atoms with van der Waals surface area (Å²) in [6.07, 6.45) is 4.85. The molecule has 1 aromatic heterocycles. The Morgan fingerprint density at radius 3 is 2.46 bits per heavy atom. The van der Waals surface area contributed by atoms with E-state index in [0.717, 1.165) is 38.0 Å². The summed E-state index contributed by atoms with van der Waals surface area (Å²) in [7, 11) is 0. The van der Waals surface area contributed by atoms with Crippen LogP contribution >= 0.6 is 0 Å². The van der Waals surface area contributed by atoms with Gasteiger partial charge in [-0.3, -0.25) is 4.79 Å². The third-order valence-electron chi connectivity index (χ3n) is 4.93. The van der Waals surface area contributed by atoms with Crippen molar-refractivity contribution in [1.29, 1.82) is 0 Å². The summed E-state index contributed by atoms with van der Waals surface area (Å²) in [4.78, 5) is 16.4. The lowest BCUT2D eigenvalue weighted by atomic mass is 9.94. The van der Waals surface area contributed by atoms with Gasteiger partial charge in [0.1, 0.15) is 0 Å². The Labute approximate surface area is 153 Å². The van der Waals surface area contributed by atoms with Crippen molar-refractivity contribution in [2.75, 3.05) is 13.1 Å². The van der Waals surface area contributed by atoms with Crippen LogP contribution in [0.15, 0.2) is 66.9 Å². The van der Waals surface area contributed by atoms with Gasteiger partial charge in [0, 0.05) is 19.0 Å². The molecule has 5 heteroatoms. The molecule has 1 fully saturated rings. The van der Waals surface area contributed by atoms with Crippen LogP contribution in [-0.4, -0.2) is 38.9 Å². The summed E-state index contributed by atoms with van der Waals surface area (Å²) < 4.78 is 0. The fraction of sp³-hybridized carbons (Fsp3) is 0.286. The zero-order chi connectivity index (χ0) is 17.8. The largest absolute Gasteiger partial charge is 0.337 e. The molecule has 0 N–H and O–H groups in total. The minimum Gasteiger partial charge on any atom is -0.337 e. The van der Waals surface area contributed by atoms with Gasteiger partial charge in [0.2, 0.25) is 0 Å². The summed E-state index contributed by atoms with van der Waals surface area (Å²) in [5.74, 6) is 0.349. The molecule has 5 nitrogen and oxygen atoms in total. The fourth-order valence-corrected chi connectivity index (χ4v) is 3.53. The molecule has 0 saturated carbocycles. The van der Waals surface area contributed by atoms with E-state index in [1.54, 1.807) is 6.20 Å². The first-order valence-corrected chi connectivity index (χ1v) is 9.13. The van der Waals surface area contributed by atoms with Gasteiger partial charge in [-0.15, -0.1) is 5.10 Å². The maximum absolute atomic E-state index is 13.0. The maximum atomic E-state index is 13.0. The quantitative estimate of drug-likeness (QED) is 0.727. The van der Waals surface area contributed by atoms with Crippen LogP contribution in [-0.2, 0) is 0 Å². The van der Waals surface area contributed by atoms with Crippen molar-refractivity contribution >= 4 is 5.91 Å². The highest BCUT2D eigenvalue weighted by molar-refractivity contribution is 5.92. The van der Waals surface area contributed by atoms with E-state index in [0.29, 0.717) is 11.6 Å². The molecule has 1 unspecified atom stereocenters. The number of carbonyl (C=O) groups is 1. The van der Waals surface area contributed by atoms with Crippen molar-refractivity contribution < 1.29 is 4.79 Å². The van der Waals surface area contributed by atoms with Gasteiger partial charge in [0.05, 0.1) is 11.9 Å². The smallest absolute Gasteiger partial charge is 0.276 e. The fourth-order valence-electron chi connectivity index (χ4n) is 3.53. The number of aromatic nitrogens is 3. The molecule has 0 radical (unpaired) electrons. The van der Waals surface area contributed by atoms with Crippen molar-refractivity contribution in [2.24, 2.45) is 0 Å². The monoisotopic (exact) mass is 346 g/mol. The minimum absolute atomic E-state index is 0.0324. The Morgan fingerprint density at radius 1 is 0.962 bits per heavy atom. The van der Waals surface area contributed by atoms with Crippen molar-refractivity contribution in [1.82, 2.24) is 19.9 Å². The van der Waals surface area contributed by atoms with Crippen LogP contribution in [0.25, 0.3) is 5.69 Å². The lowest BCUT2D eigenvalue weighted by molar-refractivity contribution is 0.0748. The Morgan fingerprint density at radius 2 is 1.69 bits per heavy atom. The normalized spacial score (nSPS) is 17.7. The predicted octanol–water partition coefficient (Wildman–Crippen LogP) is 3.68. The third-order valence-corrected chi connectivity index (χ3v) is 4.93. The summed E-state index contributed by atoms with van der Waals surface area (Å²) in [5.41, 5.74) is 2.56. The molecular formula is C21H22N4O. The number of hydrogen-bond acceptors (Lipinski definition) is 3. The predicted molar refractivity (Wildman–Crippen MR) is 100 cm³/mol. The highest BCUT2D eigenvalue weighted by Gasteiger charge is 2.25. The maximum Gasteiger partial charge on any atom is 0.276 e. The molecule has 3 aromatic rings. The number of para-hydroxylation sites is 1. The lowest BCUT2D eigenvalue weighted by Gasteiger charge is -2.24. The van der Waals surface area contributed by atoms with Crippen LogP contribution in [0.4, 0.5) is 0 Å². The average Bonchev–Trinajstić information content (AvgIpc) is 3.07. The molecule has 0 spiro atoms. The van der Waals surface area contributed by atoms with E-state index >= 15 is 0 Å². The Hall–Kier alpha value is -2.95. The molecule has 1 aliphatic heterocycles. The molecule has 4 rings (SSSR count). The number of amides is 1. The zero-order valence-corrected chi connectivity index (χ0v) is 14.7. The molecule has 1 aliphatic rings. The molecule has 1 atom stereocenters. The van der Waals surface area contributed by atoms with E-state index in [4.69, 9.17) is 0 Å². The Kier molecular flexibility index (Phi) is 4.78. The van der Waals surface area contributed by atoms with Crippen LogP contribution in [0.3, 0.4) is 0 Å². The number of hydrogen-bond donors (Lipinski definition) is 0. The van der Waals surface area contributed by atoms with Gasteiger partial charge in [-0.05, 0) is 30.5 Å². The molecule has 2 aromatic carbocycles. The summed E-state index contributed by atoms with van der Waals surface area (Å²) >= 11 is 0. The van der Waals surface area contributed by atoms with Crippen molar-refractivity contribution in [3.8, 4) is 5.69 Å².